The third kappa shape index (κ3) is 3.80. The smallest absolute Gasteiger partial charge is 0.270 e. The van der Waals surface area contributed by atoms with E-state index in [0.29, 0.717) is 24.7 Å². The molecule has 0 aliphatic rings. The fourth-order valence-electron chi connectivity index (χ4n) is 1.48. The Balaban J connectivity index is 1.96. The van der Waals surface area contributed by atoms with Crippen LogP contribution in [0, 0.1) is 0 Å². The standard InChI is InChI=1S/C13H16N4O2/c1-2-6-14-12(18)11-5-7-15-13(17-11)16-9-10-4-3-8-19-10/h3-5,7-8H,2,6,9H2,1H3,(H,14,18)(H,15,16,17). The van der Waals surface area contributed by atoms with Crippen LogP contribution < -0.4 is 10.6 Å². The van der Waals surface area contributed by atoms with Gasteiger partial charge in [-0.1, -0.05) is 6.92 Å². The van der Waals surface area contributed by atoms with Gasteiger partial charge in [-0.25, -0.2) is 9.97 Å². The van der Waals surface area contributed by atoms with E-state index >= 15 is 0 Å². The summed E-state index contributed by atoms with van der Waals surface area (Å²) in [4.78, 5) is 19.9. The molecule has 0 aromatic carbocycles. The lowest BCUT2D eigenvalue weighted by Gasteiger charge is -2.05. The van der Waals surface area contributed by atoms with Gasteiger partial charge in [0.1, 0.15) is 11.5 Å². The molecule has 0 radical (unpaired) electrons. The molecule has 19 heavy (non-hydrogen) atoms. The number of carbonyl (C=O) groups excluding carboxylic acids is 1. The van der Waals surface area contributed by atoms with Crippen molar-refractivity contribution in [2.45, 2.75) is 19.9 Å². The highest BCUT2D eigenvalue weighted by molar-refractivity contribution is 5.92. The second-order valence-corrected chi connectivity index (χ2v) is 3.95. The molecule has 100 valence electrons. The average molecular weight is 260 g/mol. The Morgan fingerprint density at radius 2 is 2.32 bits per heavy atom. The van der Waals surface area contributed by atoms with Gasteiger partial charge in [-0.3, -0.25) is 4.79 Å². The SMILES string of the molecule is CCCNC(=O)c1ccnc(NCc2ccco2)n1. The van der Waals surface area contributed by atoms with E-state index in [4.69, 9.17) is 4.42 Å². The molecular weight excluding hydrogens is 244 g/mol. The molecule has 0 saturated heterocycles. The third-order valence-corrected chi connectivity index (χ3v) is 2.42. The molecule has 6 nitrogen and oxygen atoms in total. The Kier molecular flexibility index (Phi) is 4.49. The lowest BCUT2D eigenvalue weighted by Crippen LogP contribution is -2.25. The van der Waals surface area contributed by atoms with E-state index in [2.05, 4.69) is 20.6 Å². The van der Waals surface area contributed by atoms with Crippen molar-refractivity contribution in [2.75, 3.05) is 11.9 Å². The summed E-state index contributed by atoms with van der Waals surface area (Å²) in [6.07, 6.45) is 4.05. The molecule has 0 atom stereocenters. The van der Waals surface area contributed by atoms with Gasteiger partial charge in [0.25, 0.3) is 5.91 Å². The van der Waals surface area contributed by atoms with Gasteiger partial charge in [0.05, 0.1) is 12.8 Å². The van der Waals surface area contributed by atoms with E-state index < -0.39 is 0 Å². The van der Waals surface area contributed by atoms with E-state index in [-0.39, 0.29) is 5.91 Å². The van der Waals surface area contributed by atoms with Crippen molar-refractivity contribution in [1.29, 1.82) is 0 Å². The minimum atomic E-state index is -0.190. The molecule has 2 rings (SSSR count). The number of aromatic nitrogens is 2. The Morgan fingerprint density at radius 3 is 3.05 bits per heavy atom. The number of rotatable bonds is 6. The van der Waals surface area contributed by atoms with Gasteiger partial charge in [0.2, 0.25) is 5.95 Å². The van der Waals surface area contributed by atoms with Gasteiger partial charge in [-0.15, -0.1) is 0 Å². The lowest BCUT2D eigenvalue weighted by atomic mass is 10.3. The van der Waals surface area contributed by atoms with Crippen LogP contribution in [0.5, 0.6) is 0 Å². The second-order valence-electron chi connectivity index (χ2n) is 3.95. The van der Waals surface area contributed by atoms with Crippen molar-refractivity contribution in [2.24, 2.45) is 0 Å². The van der Waals surface area contributed by atoms with Crippen molar-refractivity contribution in [1.82, 2.24) is 15.3 Å². The molecule has 0 spiro atoms. The predicted molar refractivity (Wildman–Crippen MR) is 70.7 cm³/mol. The largest absolute Gasteiger partial charge is 0.467 e. The van der Waals surface area contributed by atoms with Gasteiger partial charge in [-0.05, 0) is 24.6 Å². The molecule has 0 aliphatic carbocycles. The highest BCUT2D eigenvalue weighted by atomic mass is 16.3. The summed E-state index contributed by atoms with van der Waals surface area (Å²) in [5.74, 6) is 0.996. The van der Waals surface area contributed by atoms with Crippen LogP contribution in [0.1, 0.15) is 29.6 Å². The van der Waals surface area contributed by atoms with Crippen LogP contribution in [0.15, 0.2) is 35.1 Å². The van der Waals surface area contributed by atoms with Crippen LogP contribution >= 0.6 is 0 Å². The number of hydrogen-bond acceptors (Lipinski definition) is 5. The van der Waals surface area contributed by atoms with Gasteiger partial charge in [-0.2, -0.15) is 0 Å². The van der Waals surface area contributed by atoms with Crippen LogP contribution in [0.25, 0.3) is 0 Å². The summed E-state index contributed by atoms with van der Waals surface area (Å²) in [6.45, 7) is 3.11. The first-order valence-corrected chi connectivity index (χ1v) is 6.17. The van der Waals surface area contributed by atoms with Gasteiger partial charge >= 0.3 is 0 Å². The highest BCUT2D eigenvalue weighted by Crippen LogP contribution is 2.05. The van der Waals surface area contributed by atoms with Crippen molar-refractivity contribution in [3.8, 4) is 0 Å². The molecule has 0 fully saturated rings. The molecule has 0 bridgehead atoms. The topological polar surface area (TPSA) is 80.0 Å². The summed E-state index contributed by atoms with van der Waals surface area (Å²) in [5.41, 5.74) is 0.352. The van der Waals surface area contributed by atoms with Crippen LogP contribution in [-0.2, 0) is 6.54 Å². The number of nitrogens with zero attached hydrogens (tertiary/aromatic N) is 2. The Morgan fingerprint density at radius 1 is 1.42 bits per heavy atom. The van der Waals surface area contributed by atoms with Crippen LogP contribution in [-0.4, -0.2) is 22.4 Å². The normalized spacial score (nSPS) is 10.2. The summed E-state index contributed by atoms with van der Waals surface area (Å²) in [6, 6.07) is 5.25. The summed E-state index contributed by atoms with van der Waals surface area (Å²) >= 11 is 0. The predicted octanol–water partition coefficient (Wildman–Crippen LogP) is 1.82. The van der Waals surface area contributed by atoms with Crippen molar-refractivity contribution in [3.63, 3.8) is 0 Å². The fourth-order valence-corrected chi connectivity index (χ4v) is 1.48. The number of furan rings is 1. The van der Waals surface area contributed by atoms with Crippen LogP contribution in [0.4, 0.5) is 5.95 Å². The maximum Gasteiger partial charge on any atom is 0.270 e. The zero-order valence-corrected chi connectivity index (χ0v) is 10.7. The lowest BCUT2D eigenvalue weighted by molar-refractivity contribution is 0.0948. The minimum absolute atomic E-state index is 0.190. The van der Waals surface area contributed by atoms with Crippen molar-refractivity contribution < 1.29 is 9.21 Å². The average Bonchev–Trinajstić information content (AvgIpc) is 2.96. The Hall–Kier alpha value is -2.37. The maximum atomic E-state index is 11.7. The molecule has 2 aromatic rings. The Bertz CT molecular complexity index is 525. The number of anilines is 1. The fraction of sp³-hybridized carbons (Fsp3) is 0.308. The van der Waals surface area contributed by atoms with Gasteiger partial charge < -0.3 is 15.1 Å². The number of nitrogens with one attached hydrogen (secondary N) is 2. The first-order valence-electron chi connectivity index (χ1n) is 6.17. The summed E-state index contributed by atoms with van der Waals surface area (Å²) < 4.78 is 5.19. The monoisotopic (exact) mass is 260 g/mol. The molecular formula is C13H16N4O2. The molecule has 0 saturated carbocycles. The zero-order chi connectivity index (χ0) is 13.5. The Labute approximate surface area is 111 Å². The van der Waals surface area contributed by atoms with E-state index in [1.807, 2.05) is 19.1 Å². The summed E-state index contributed by atoms with van der Waals surface area (Å²) in [7, 11) is 0. The van der Waals surface area contributed by atoms with E-state index in [9.17, 15) is 4.79 Å². The first-order chi connectivity index (χ1) is 9.29. The van der Waals surface area contributed by atoms with Crippen molar-refractivity contribution >= 4 is 11.9 Å². The maximum absolute atomic E-state index is 11.7. The number of hydrogen-bond donors (Lipinski definition) is 2. The zero-order valence-electron chi connectivity index (χ0n) is 10.7. The van der Waals surface area contributed by atoms with E-state index in [0.717, 1.165) is 12.2 Å². The minimum Gasteiger partial charge on any atom is -0.467 e. The summed E-state index contributed by atoms with van der Waals surface area (Å²) in [5, 5.41) is 5.77. The number of carbonyl (C=O) groups is 1. The number of amides is 1. The van der Waals surface area contributed by atoms with Gasteiger partial charge in [0, 0.05) is 12.7 Å². The molecule has 2 N–H and O–H groups in total. The van der Waals surface area contributed by atoms with Gasteiger partial charge in [0.15, 0.2) is 0 Å². The molecule has 6 heteroatoms. The van der Waals surface area contributed by atoms with Crippen LogP contribution in [0.3, 0.4) is 0 Å². The molecule has 0 aliphatic heterocycles. The highest BCUT2D eigenvalue weighted by Gasteiger charge is 2.07. The first kappa shape index (κ1) is 13.1. The van der Waals surface area contributed by atoms with E-state index in [1.165, 1.54) is 0 Å². The van der Waals surface area contributed by atoms with E-state index in [1.54, 1.807) is 18.5 Å². The third-order valence-electron chi connectivity index (χ3n) is 2.42. The molecule has 2 heterocycles. The second kappa shape index (κ2) is 6.53. The quantitative estimate of drug-likeness (QED) is 0.828. The van der Waals surface area contributed by atoms with Crippen molar-refractivity contribution in [3.05, 3.63) is 42.1 Å². The molecule has 2 aromatic heterocycles. The molecule has 1 amide bonds. The van der Waals surface area contributed by atoms with Crippen LogP contribution in [0.2, 0.25) is 0 Å². The molecule has 0 unspecified atom stereocenters.